The predicted octanol–water partition coefficient (Wildman–Crippen LogP) is 3.16. The van der Waals surface area contributed by atoms with Crippen LogP contribution in [0.5, 0.6) is 0 Å². The minimum Gasteiger partial charge on any atom is -0.456 e. The Morgan fingerprint density at radius 2 is 1.72 bits per heavy atom. The molecule has 3 aromatic carbocycles. The smallest absolute Gasteiger partial charge is 0.296 e. The Morgan fingerprint density at radius 3 is 2.47 bits per heavy atom. The molecular weight excluding hydrogens is 482 g/mol. The SMILES string of the molecule is Cc1c(NS(=O)(=O)c2ccc3oc4cc(-n5cnnn5)ccc4c3c2)c(=O)n(-c2ccccc2)n1C. The molecule has 0 bridgehead atoms. The van der Waals surface area contributed by atoms with Crippen molar-refractivity contribution in [2.75, 3.05) is 4.72 Å². The molecule has 0 aliphatic heterocycles. The molecule has 0 saturated carbocycles. The molecular formula is C24H19N7O4S. The van der Waals surface area contributed by atoms with E-state index in [9.17, 15) is 13.2 Å². The van der Waals surface area contributed by atoms with Crippen LogP contribution in [0.15, 0.2) is 87.2 Å². The van der Waals surface area contributed by atoms with Crippen LogP contribution in [0.4, 0.5) is 5.69 Å². The minimum atomic E-state index is -4.07. The summed E-state index contributed by atoms with van der Waals surface area (Å²) in [5.74, 6) is 0. The average Bonchev–Trinajstić information content (AvgIpc) is 3.59. The van der Waals surface area contributed by atoms with Gasteiger partial charge in [0.25, 0.3) is 15.6 Å². The summed E-state index contributed by atoms with van der Waals surface area (Å²) < 4.78 is 39.7. The average molecular weight is 502 g/mol. The molecule has 6 aromatic rings. The second-order valence-corrected chi connectivity index (χ2v) is 9.92. The molecule has 12 heteroatoms. The molecule has 0 aliphatic rings. The highest BCUT2D eigenvalue weighted by Crippen LogP contribution is 2.32. The Morgan fingerprint density at radius 1 is 0.917 bits per heavy atom. The van der Waals surface area contributed by atoms with Gasteiger partial charge < -0.3 is 4.42 Å². The standard InChI is InChI=1S/C24H19N7O4S/c1-15-23(24(32)31(29(15)2)16-6-4-3-5-7-16)26-36(33,34)18-9-11-21-20(13-18)19-10-8-17(12-22(19)35-21)30-14-25-27-28-30/h3-14,26H,1-2H3. The van der Waals surface area contributed by atoms with Gasteiger partial charge in [-0.25, -0.2) is 17.8 Å². The number of furan rings is 1. The van der Waals surface area contributed by atoms with Gasteiger partial charge in [0, 0.05) is 23.9 Å². The Bertz CT molecular complexity index is 1920. The third kappa shape index (κ3) is 3.38. The number of fused-ring (bicyclic) bond motifs is 3. The van der Waals surface area contributed by atoms with E-state index in [4.69, 9.17) is 4.42 Å². The highest BCUT2D eigenvalue weighted by molar-refractivity contribution is 7.92. The van der Waals surface area contributed by atoms with Crippen molar-refractivity contribution in [2.24, 2.45) is 7.05 Å². The van der Waals surface area contributed by atoms with Gasteiger partial charge in [-0.15, -0.1) is 5.10 Å². The fourth-order valence-corrected chi connectivity index (χ4v) is 5.36. The number of benzene rings is 3. The van der Waals surface area contributed by atoms with E-state index in [2.05, 4.69) is 20.2 Å². The quantitative estimate of drug-likeness (QED) is 0.384. The number of aromatic nitrogens is 6. The lowest BCUT2D eigenvalue weighted by atomic mass is 10.1. The number of sulfonamides is 1. The second kappa shape index (κ2) is 7.92. The zero-order chi connectivity index (χ0) is 25.0. The van der Waals surface area contributed by atoms with Gasteiger partial charge in [0.2, 0.25) is 0 Å². The molecule has 0 amide bonds. The first-order valence-electron chi connectivity index (χ1n) is 10.9. The summed E-state index contributed by atoms with van der Waals surface area (Å²) in [4.78, 5) is 13.2. The topological polar surface area (TPSA) is 130 Å². The van der Waals surface area contributed by atoms with Gasteiger partial charge in [-0.2, -0.15) is 0 Å². The van der Waals surface area contributed by atoms with Crippen molar-refractivity contribution in [1.82, 2.24) is 29.6 Å². The van der Waals surface area contributed by atoms with Crippen LogP contribution in [0.25, 0.3) is 33.3 Å². The van der Waals surface area contributed by atoms with E-state index >= 15 is 0 Å². The number of anilines is 1. The molecule has 0 radical (unpaired) electrons. The molecule has 3 aromatic heterocycles. The normalized spacial score (nSPS) is 11.9. The summed E-state index contributed by atoms with van der Waals surface area (Å²) in [7, 11) is -2.37. The summed E-state index contributed by atoms with van der Waals surface area (Å²) in [6, 6.07) is 19.0. The monoisotopic (exact) mass is 501 g/mol. The molecule has 180 valence electrons. The van der Waals surface area contributed by atoms with E-state index in [1.807, 2.05) is 30.3 Å². The van der Waals surface area contributed by atoms with Crippen LogP contribution in [-0.2, 0) is 17.1 Å². The van der Waals surface area contributed by atoms with Gasteiger partial charge in [-0.1, -0.05) is 18.2 Å². The maximum Gasteiger partial charge on any atom is 0.296 e. The highest BCUT2D eigenvalue weighted by Gasteiger charge is 2.23. The van der Waals surface area contributed by atoms with Crippen molar-refractivity contribution in [1.29, 1.82) is 0 Å². The number of hydrogen-bond donors (Lipinski definition) is 1. The lowest BCUT2D eigenvalue weighted by molar-refractivity contribution is 0.601. The van der Waals surface area contributed by atoms with Gasteiger partial charge in [0.05, 0.1) is 22.0 Å². The molecule has 11 nitrogen and oxygen atoms in total. The third-order valence-corrected chi connectivity index (χ3v) is 7.49. The van der Waals surface area contributed by atoms with Crippen LogP contribution in [0, 0.1) is 6.92 Å². The van der Waals surface area contributed by atoms with Crippen molar-refractivity contribution >= 4 is 37.6 Å². The molecule has 0 atom stereocenters. The molecule has 36 heavy (non-hydrogen) atoms. The Balaban J connectivity index is 1.41. The van der Waals surface area contributed by atoms with Crippen molar-refractivity contribution in [3.8, 4) is 11.4 Å². The zero-order valence-corrected chi connectivity index (χ0v) is 20.0. The highest BCUT2D eigenvalue weighted by atomic mass is 32.2. The molecule has 0 fully saturated rings. The first-order chi connectivity index (χ1) is 17.3. The summed E-state index contributed by atoms with van der Waals surface area (Å²) in [6.07, 6.45) is 1.47. The van der Waals surface area contributed by atoms with Crippen LogP contribution in [0.2, 0.25) is 0 Å². The molecule has 0 unspecified atom stereocenters. The largest absolute Gasteiger partial charge is 0.456 e. The number of tetrazole rings is 1. The van der Waals surface area contributed by atoms with Gasteiger partial charge in [-0.3, -0.25) is 14.2 Å². The van der Waals surface area contributed by atoms with Crippen LogP contribution < -0.4 is 10.3 Å². The van der Waals surface area contributed by atoms with Crippen LogP contribution >= 0.6 is 0 Å². The van der Waals surface area contributed by atoms with Crippen LogP contribution in [-0.4, -0.2) is 38.0 Å². The number of para-hydroxylation sites is 1. The van der Waals surface area contributed by atoms with Crippen molar-refractivity contribution in [2.45, 2.75) is 11.8 Å². The van der Waals surface area contributed by atoms with Gasteiger partial charge >= 0.3 is 0 Å². The van der Waals surface area contributed by atoms with Crippen LogP contribution in [0.1, 0.15) is 5.69 Å². The molecule has 0 aliphatic carbocycles. The maximum absolute atomic E-state index is 13.3. The number of nitrogens with one attached hydrogen (secondary N) is 1. The van der Waals surface area contributed by atoms with Crippen molar-refractivity contribution in [3.05, 3.63) is 89.1 Å². The van der Waals surface area contributed by atoms with E-state index in [0.29, 0.717) is 33.6 Å². The van der Waals surface area contributed by atoms with Gasteiger partial charge in [0.1, 0.15) is 23.2 Å². The summed E-state index contributed by atoms with van der Waals surface area (Å²) in [6.45, 7) is 1.69. The third-order valence-electron chi connectivity index (χ3n) is 6.14. The van der Waals surface area contributed by atoms with Crippen LogP contribution in [0.3, 0.4) is 0 Å². The minimum absolute atomic E-state index is 0.00964. The zero-order valence-electron chi connectivity index (χ0n) is 19.2. The van der Waals surface area contributed by atoms with Crippen molar-refractivity contribution in [3.63, 3.8) is 0 Å². The van der Waals surface area contributed by atoms with E-state index < -0.39 is 15.6 Å². The number of nitrogens with zero attached hydrogens (tertiary/aromatic N) is 6. The first kappa shape index (κ1) is 21.8. The number of hydrogen-bond acceptors (Lipinski definition) is 7. The van der Waals surface area contributed by atoms with Crippen molar-refractivity contribution < 1.29 is 12.8 Å². The molecule has 0 saturated heterocycles. The number of rotatable bonds is 5. The molecule has 0 spiro atoms. The molecule has 1 N–H and O–H groups in total. The fraction of sp³-hybridized carbons (Fsp3) is 0.0833. The molecule has 6 rings (SSSR count). The summed E-state index contributed by atoms with van der Waals surface area (Å²) in [5, 5.41) is 12.5. The Kier molecular flexibility index (Phi) is 4.79. The van der Waals surface area contributed by atoms with E-state index in [0.717, 1.165) is 5.39 Å². The lowest BCUT2D eigenvalue weighted by Crippen LogP contribution is -2.23. The fourth-order valence-electron chi connectivity index (χ4n) is 4.21. The summed E-state index contributed by atoms with van der Waals surface area (Å²) >= 11 is 0. The predicted molar refractivity (Wildman–Crippen MR) is 133 cm³/mol. The first-order valence-corrected chi connectivity index (χ1v) is 12.4. The van der Waals surface area contributed by atoms with Gasteiger partial charge in [-0.05, 0) is 59.8 Å². The van der Waals surface area contributed by atoms with E-state index in [1.54, 1.807) is 42.9 Å². The van der Waals surface area contributed by atoms with Gasteiger partial charge in [0.15, 0.2) is 0 Å². The molecule has 3 heterocycles. The second-order valence-electron chi connectivity index (χ2n) is 8.24. The Labute approximate surface area is 204 Å². The van der Waals surface area contributed by atoms with E-state index in [-0.39, 0.29) is 10.6 Å². The summed E-state index contributed by atoms with van der Waals surface area (Å²) in [5.41, 5.74) is 2.43. The Hall–Kier alpha value is -4.71. The maximum atomic E-state index is 13.3. The lowest BCUT2D eigenvalue weighted by Gasteiger charge is -2.07. The van der Waals surface area contributed by atoms with E-state index in [1.165, 1.54) is 27.8 Å².